The summed E-state index contributed by atoms with van der Waals surface area (Å²) in [7, 11) is 0. The summed E-state index contributed by atoms with van der Waals surface area (Å²) in [5, 5.41) is 24.1. The van der Waals surface area contributed by atoms with Crippen molar-refractivity contribution in [1.82, 2.24) is 10.3 Å². The van der Waals surface area contributed by atoms with Crippen molar-refractivity contribution < 1.29 is 15.0 Å². The van der Waals surface area contributed by atoms with Gasteiger partial charge in [-0.2, -0.15) is 0 Å². The van der Waals surface area contributed by atoms with Gasteiger partial charge in [0.25, 0.3) is 0 Å². The third kappa shape index (κ3) is 5.99. The molecule has 0 aromatic carbocycles. The highest BCUT2D eigenvalue weighted by Crippen LogP contribution is 2.36. The average molecular weight is 376 g/mol. The zero-order valence-corrected chi connectivity index (χ0v) is 16.0. The Bertz CT molecular complexity index is 588. The molecule has 0 saturated heterocycles. The minimum absolute atomic E-state index is 0.160. The van der Waals surface area contributed by atoms with Gasteiger partial charge in [-0.05, 0) is 43.2 Å². The van der Waals surface area contributed by atoms with Gasteiger partial charge < -0.3 is 21.3 Å². The van der Waals surface area contributed by atoms with Crippen LogP contribution in [-0.4, -0.2) is 45.4 Å². The summed E-state index contributed by atoms with van der Waals surface area (Å²) in [5.74, 6) is 0.355. The van der Waals surface area contributed by atoms with E-state index in [1.165, 1.54) is 19.3 Å². The molecule has 2 aliphatic carbocycles. The van der Waals surface area contributed by atoms with Crippen LogP contribution in [0, 0.1) is 11.8 Å². The molecule has 3 rings (SSSR count). The molecule has 1 aromatic rings. The monoisotopic (exact) mass is 375 g/mol. The summed E-state index contributed by atoms with van der Waals surface area (Å²) in [5.41, 5.74) is 6.85. The smallest absolute Gasteiger partial charge is 0.237 e. The lowest BCUT2D eigenvalue weighted by Gasteiger charge is -2.33. The van der Waals surface area contributed by atoms with E-state index in [0.717, 1.165) is 31.4 Å². The Morgan fingerprint density at radius 3 is 2.56 bits per heavy atom. The fourth-order valence-electron chi connectivity index (χ4n) is 4.15. The van der Waals surface area contributed by atoms with Crippen LogP contribution in [0.3, 0.4) is 0 Å². The van der Waals surface area contributed by atoms with Gasteiger partial charge in [0.05, 0.1) is 18.2 Å². The molecule has 1 aromatic heterocycles. The number of hydrogen-bond acceptors (Lipinski definition) is 5. The van der Waals surface area contributed by atoms with Crippen molar-refractivity contribution in [1.29, 1.82) is 0 Å². The quantitative estimate of drug-likeness (QED) is 0.523. The van der Waals surface area contributed by atoms with Gasteiger partial charge in [0, 0.05) is 18.3 Å². The van der Waals surface area contributed by atoms with Gasteiger partial charge in [-0.1, -0.05) is 38.2 Å². The van der Waals surface area contributed by atoms with Crippen molar-refractivity contribution in [3.8, 4) is 0 Å². The number of nitrogens with zero attached hydrogens (tertiary/aromatic N) is 1. The third-order valence-corrected chi connectivity index (χ3v) is 6.00. The first-order valence-electron chi connectivity index (χ1n) is 10.4. The first kappa shape index (κ1) is 20.2. The molecule has 1 amide bonds. The van der Waals surface area contributed by atoms with E-state index < -0.39 is 24.3 Å². The molecular formula is C21H33N3O3. The summed E-state index contributed by atoms with van der Waals surface area (Å²) in [6.45, 7) is 0. The number of hydrogen-bond donors (Lipinski definition) is 4. The van der Waals surface area contributed by atoms with Crippen LogP contribution < -0.4 is 11.1 Å². The number of pyridine rings is 1. The van der Waals surface area contributed by atoms with E-state index in [1.807, 2.05) is 18.2 Å². The number of carbonyl (C=O) groups is 1. The molecule has 0 spiro atoms. The number of carbonyl (C=O) groups excluding carboxylic acids is 1. The maximum absolute atomic E-state index is 12.7. The van der Waals surface area contributed by atoms with Crippen LogP contribution in [0.5, 0.6) is 0 Å². The van der Waals surface area contributed by atoms with E-state index in [0.29, 0.717) is 18.8 Å². The lowest BCUT2D eigenvalue weighted by molar-refractivity contribution is -0.125. The lowest BCUT2D eigenvalue weighted by Crippen LogP contribution is -2.54. The average Bonchev–Trinajstić information content (AvgIpc) is 3.53. The Kier molecular flexibility index (Phi) is 7.21. The Labute approximate surface area is 161 Å². The van der Waals surface area contributed by atoms with Crippen molar-refractivity contribution in [2.24, 2.45) is 17.6 Å². The second kappa shape index (κ2) is 9.62. The number of amides is 1. The van der Waals surface area contributed by atoms with Crippen LogP contribution >= 0.6 is 0 Å². The summed E-state index contributed by atoms with van der Waals surface area (Å²) in [6, 6.07) is 4.36. The van der Waals surface area contributed by atoms with Gasteiger partial charge in [0.2, 0.25) is 5.91 Å². The van der Waals surface area contributed by atoms with Crippen LogP contribution in [0.25, 0.3) is 0 Å². The molecule has 2 aliphatic rings. The molecule has 27 heavy (non-hydrogen) atoms. The topological polar surface area (TPSA) is 108 Å². The molecule has 4 atom stereocenters. The highest BCUT2D eigenvalue weighted by atomic mass is 16.3. The number of nitrogens with two attached hydrogens (primary N) is 1. The molecule has 0 unspecified atom stereocenters. The third-order valence-electron chi connectivity index (χ3n) is 6.00. The minimum Gasteiger partial charge on any atom is -0.390 e. The van der Waals surface area contributed by atoms with Gasteiger partial charge >= 0.3 is 0 Å². The fourth-order valence-corrected chi connectivity index (χ4v) is 4.15. The first-order chi connectivity index (χ1) is 13.0. The Balaban J connectivity index is 1.60. The largest absolute Gasteiger partial charge is 0.390 e. The number of nitrogens with one attached hydrogen (secondary N) is 1. The maximum Gasteiger partial charge on any atom is 0.237 e. The first-order valence-corrected chi connectivity index (χ1v) is 10.4. The van der Waals surface area contributed by atoms with Crippen LogP contribution in [0.2, 0.25) is 0 Å². The maximum atomic E-state index is 12.7. The number of aliphatic hydroxyl groups excluding tert-OH is 2. The molecule has 6 heteroatoms. The van der Waals surface area contributed by atoms with Crippen LogP contribution in [0.1, 0.15) is 57.1 Å². The van der Waals surface area contributed by atoms with Gasteiger partial charge in [0.15, 0.2) is 0 Å². The summed E-state index contributed by atoms with van der Waals surface area (Å²) >= 11 is 0. The summed E-state index contributed by atoms with van der Waals surface area (Å²) in [6.07, 6.45) is 8.82. The van der Waals surface area contributed by atoms with Gasteiger partial charge in [-0.15, -0.1) is 0 Å². The van der Waals surface area contributed by atoms with E-state index in [1.54, 1.807) is 6.20 Å². The molecule has 0 bridgehead atoms. The van der Waals surface area contributed by atoms with Crippen molar-refractivity contribution >= 4 is 5.91 Å². The molecule has 0 radical (unpaired) electrons. The zero-order chi connectivity index (χ0) is 19.2. The molecule has 2 saturated carbocycles. The zero-order valence-electron chi connectivity index (χ0n) is 16.0. The van der Waals surface area contributed by atoms with Gasteiger partial charge in [-0.25, -0.2) is 0 Å². The molecule has 2 fully saturated rings. The van der Waals surface area contributed by atoms with E-state index in [2.05, 4.69) is 10.3 Å². The normalized spacial score (nSPS) is 22.6. The van der Waals surface area contributed by atoms with Crippen LogP contribution in [-0.2, 0) is 11.2 Å². The van der Waals surface area contributed by atoms with Gasteiger partial charge in [0.1, 0.15) is 6.10 Å². The van der Waals surface area contributed by atoms with Crippen molar-refractivity contribution in [3.05, 3.63) is 30.1 Å². The Morgan fingerprint density at radius 2 is 1.93 bits per heavy atom. The molecule has 150 valence electrons. The van der Waals surface area contributed by atoms with E-state index in [-0.39, 0.29) is 11.8 Å². The number of aromatic nitrogens is 1. The van der Waals surface area contributed by atoms with Crippen LogP contribution in [0.4, 0.5) is 0 Å². The highest BCUT2D eigenvalue weighted by molar-refractivity contribution is 5.82. The van der Waals surface area contributed by atoms with Gasteiger partial charge in [-0.3, -0.25) is 9.78 Å². The standard InChI is InChI=1S/C21H33N3O3/c22-17(13-16-8-4-5-11-23-16)21(27)24-18(12-14-6-2-1-3-7-14)20(26)19(25)15-9-10-15/h4-5,8,11,14-15,17-20,25-26H,1-3,6-7,9-10,12-13,22H2,(H,24,27)/t17-,18+,19+,20-/m1/s1. The summed E-state index contributed by atoms with van der Waals surface area (Å²) < 4.78 is 0. The molecule has 1 heterocycles. The second-order valence-electron chi connectivity index (χ2n) is 8.31. The lowest BCUT2D eigenvalue weighted by atomic mass is 9.82. The Morgan fingerprint density at radius 1 is 1.19 bits per heavy atom. The van der Waals surface area contributed by atoms with Crippen LogP contribution in [0.15, 0.2) is 24.4 Å². The van der Waals surface area contributed by atoms with Crippen molar-refractivity contribution in [3.63, 3.8) is 0 Å². The highest BCUT2D eigenvalue weighted by Gasteiger charge is 2.39. The van der Waals surface area contributed by atoms with Crippen molar-refractivity contribution in [2.45, 2.75) is 82.1 Å². The predicted octanol–water partition coefficient (Wildman–Crippen LogP) is 1.54. The SMILES string of the molecule is N[C@H](Cc1ccccn1)C(=O)N[C@@H](CC1CCCCC1)[C@@H](O)[C@@H](O)C1CC1. The molecule has 5 N–H and O–H groups in total. The summed E-state index contributed by atoms with van der Waals surface area (Å²) in [4.78, 5) is 16.9. The number of rotatable bonds is 9. The Hall–Kier alpha value is -1.50. The van der Waals surface area contributed by atoms with E-state index in [9.17, 15) is 15.0 Å². The molecule has 6 nitrogen and oxygen atoms in total. The van der Waals surface area contributed by atoms with E-state index in [4.69, 9.17) is 5.73 Å². The minimum atomic E-state index is -0.939. The fraction of sp³-hybridized carbons (Fsp3) is 0.714. The molecular weight excluding hydrogens is 342 g/mol. The van der Waals surface area contributed by atoms with Crippen molar-refractivity contribution in [2.75, 3.05) is 0 Å². The predicted molar refractivity (Wildman–Crippen MR) is 104 cm³/mol. The number of aliphatic hydroxyl groups is 2. The molecule has 0 aliphatic heterocycles. The van der Waals surface area contributed by atoms with E-state index >= 15 is 0 Å². The second-order valence-corrected chi connectivity index (χ2v) is 8.31.